The first-order valence-corrected chi connectivity index (χ1v) is 15.6. The number of rotatable bonds is 3. The van der Waals surface area contributed by atoms with Crippen molar-refractivity contribution in [3.63, 3.8) is 0 Å². The normalized spacial score (nSPS) is 19.0. The van der Waals surface area contributed by atoms with E-state index in [1.165, 1.54) is 6.07 Å². The molecular weight excluding hydrogens is 595 g/mol. The van der Waals surface area contributed by atoms with Crippen molar-refractivity contribution in [1.29, 1.82) is 0 Å². The van der Waals surface area contributed by atoms with Crippen LogP contribution in [0.3, 0.4) is 0 Å². The van der Waals surface area contributed by atoms with E-state index in [-0.39, 0.29) is 52.8 Å². The van der Waals surface area contributed by atoms with Crippen LogP contribution in [0.25, 0.3) is 11.3 Å². The van der Waals surface area contributed by atoms with E-state index in [9.17, 15) is 9.59 Å². The van der Waals surface area contributed by atoms with Gasteiger partial charge in [-0.25, -0.2) is 14.2 Å². The molecule has 1 fully saturated rings. The second-order valence-corrected chi connectivity index (χ2v) is 13.5. The molecule has 2 amide bonds. The van der Waals surface area contributed by atoms with Gasteiger partial charge in [0.15, 0.2) is 0 Å². The number of carbonyl (C=O) groups is 2. The molecule has 2 aliphatic rings. The van der Waals surface area contributed by atoms with Gasteiger partial charge >= 0.3 is 6.09 Å². The Labute approximate surface area is 269 Å². The first-order valence-electron chi connectivity index (χ1n) is 15.2. The number of aryl methyl sites for hydroxylation is 1. The van der Waals surface area contributed by atoms with Gasteiger partial charge in [-0.15, -0.1) is 0 Å². The number of halogens is 2. The number of amides is 2. The Morgan fingerprint density at radius 2 is 1.80 bits per heavy atom. The van der Waals surface area contributed by atoms with Crippen molar-refractivity contribution in [3.8, 4) is 11.3 Å². The molecule has 2 aliphatic heterocycles. The van der Waals surface area contributed by atoms with E-state index < -0.39 is 11.4 Å². The summed E-state index contributed by atoms with van der Waals surface area (Å²) in [5.74, 6) is 0.0387. The summed E-state index contributed by atoms with van der Waals surface area (Å²) in [6.45, 7) is 16.1. The number of benzene rings is 1. The first kappa shape index (κ1) is 32.3. The van der Waals surface area contributed by atoms with Gasteiger partial charge in [-0.2, -0.15) is 4.99 Å². The molecule has 0 spiro atoms. The highest BCUT2D eigenvalue weighted by Crippen LogP contribution is 2.41. The Balaban J connectivity index is 1.67. The minimum absolute atomic E-state index is 0.0437. The molecule has 2 aromatic heterocycles. The van der Waals surface area contributed by atoms with Crippen molar-refractivity contribution < 1.29 is 18.7 Å². The van der Waals surface area contributed by atoms with Gasteiger partial charge in [-0.1, -0.05) is 37.6 Å². The molecule has 11 heteroatoms. The molecule has 3 aromatic rings. The average Bonchev–Trinajstić information content (AvgIpc) is 3.08. The maximum atomic E-state index is 15.1. The molecule has 0 unspecified atom stereocenters. The number of ether oxygens (including phenoxy) is 1. The van der Waals surface area contributed by atoms with E-state index >= 15 is 4.39 Å². The summed E-state index contributed by atoms with van der Waals surface area (Å²) in [4.78, 5) is 46.6. The summed E-state index contributed by atoms with van der Waals surface area (Å²) < 4.78 is 20.8. The lowest BCUT2D eigenvalue weighted by Gasteiger charge is -2.45. The molecule has 45 heavy (non-hydrogen) atoms. The average molecular weight is 635 g/mol. The Morgan fingerprint density at radius 3 is 2.47 bits per heavy atom. The molecule has 0 radical (unpaired) electrons. The van der Waals surface area contributed by atoms with Crippen molar-refractivity contribution >= 4 is 40.9 Å². The Bertz CT molecular complexity index is 1670. The number of aromatic nitrogens is 2. The van der Waals surface area contributed by atoms with Gasteiger partial charge in [0, 0.05) is 36.9 Å². The maximum absolute atomic E-state index is 15.1. The predicted octanol–water partition coefficient (Wildman–Crippen LogP) is 7.12. The minimum atomic E-state index is -0.630. The molecule has 4 heterocycles. The molecule has 238 valence electrons. The van der Waals surface area contributed by atoms with Gasteiger partial charge in [-0.3, -0.25) is 9.78 Å². The van der Waals surface area contributed by atoms with Gasteiger partial charge in [0.25, 0.3) is 5.91 Å². The van der Waals surface area contributed by atoms with Gasteiger partial charge < -0.3 is 19.4 Å². The fourth-order valence-electron chi connectivity index (χ4n) is 5.86. The SMILES string of the molecule is Cc1ccnc(C(C)C)c1N1CC(=O)N=C(N2C[C@@H](C)N(C(=O)OC(C)(C)C)C[C@@H]2C)c2cc(Cl)c(-c3ccccc3F)nc21. The lowest BCUT2D eigenvalue weighted by atomic mass is 10.0. The standard InChI is InChI=1S/C34H40ClFN6O3/c1-19(2)28-30(20(3)13-14-37-28)42-18-27(43)38-31(40-16-22(5)41(17-21(40)4)33(44)45-34(6,7)8)24-15-25(35)29(39-32(24)42)23-11-9-10-12-26(23)36/h9-15,19,21-22H,16-18H2,1-8H3/t21-,22+/m0/s1. The third-order valence-corrected chi connectivity index (χ3v) is 8.25. The van der Waals surface area contributed by atoms with Crippen LogP contribution in [0.4, 0.5) is 20.7 Å². The van der Waals surface area contributed by atoms with Crippen molar-refractivity contribution in [2.75, 3.05) is 24.5 Å². The molecule has 9 nitrogen and oxygen atoms in total. The second kappa shape index (κ2) is 12.4. The van der Waals surface area contributed by atoms with E-state index in [1.54, 1.807) is 35.4 Å². The Hall–Kier alpha value is -4.05. The fraction of sp³-hybridized carbons (Fsp3) is 0.441. The van der Waals surface area contributed by atoms with E-state index in [0.29, 0.717) is 30.3 Å². The Kier molecular flexibility index (Phi) is 8.90. The molecule has 0 bridgehead atoms. The highest BCUT2D eigenvalue weighted by molar-refractivity contribution is 6.33. The topological polar surface area (TPSA) is 91.2 Å². The zero-order valence-electron chi connectivity index (χ0n) is 27.1. The molecule has 0 N–H and O–H groups in total. The predicted molar refractivity (Wildman–Crippen MR) is 175 cm³/mol. The summed E-state index contributed by atoms with van der Waals surface area (Å²) in [6.07, 6.45) is 1.36. The van der Waals surface area contributed by atoms with Crippen LogP contribution in [-0.4, -0.2) is 74.9 Å². The van der Waals surface area contributed by atoms with Gasteiger partial charge in [-0.05, 0) is 77.3 Å². The largest absolute Gasteiger partial charge is 0.444 e. The highest BCUT2D eigenvalue weighted by atomic mass is 35.5. The van der Waals surface area contributed by atoms with E-state index in [4.69, 9.17) is 21.3 Å². The number of fused-ring (bicyclic) bond motifs is 1. The number of piperazine rings is 1. The monoisotopic (exact) mass is 634 g/mol. The molecule has 5 rings (SSSR count). The number of hydrogen-bond donors (Lipinski definition) is 0. The van der Waals surface area contributed by atoms with Gasteiger partial charge in [0.05, 0.1) is 27.7 Å². The lowest BCUT2D eigenvalue weighted by Crippen LogP contribution is -2.60. The quantitative estimate of drug-likeness (QED) is 0.303. The number of pyridine rings is 2. The van der Waals surface area contributed by atoms with Crippen molar-refractivity contribution in [1.82, 2.24) is 19.8 Å². The fourth-order valence-corrected chi connectivity index (χ4v) is 6.11. The molecule has 0 aliphatic carbocycles. The summed E-state index contributed by atoms with van der Waals surface area (Å²) >= 11 is 6.87. The van der Waals surface area contributed by atoms with Crippen LogP contribution in [0, 0.1) is 12.7 Å². The second-order valence-electron chi connectivity index (χ2n) is 13.1. The lowest BCUT2D eigenvalue weighted by molar-refractivity contribution is -0.116. The van der Waals surface area contributed by atoms with Crippen LogP contribution in [0.1, 0.15) is 71.2 Å². The smallest absolute Gasteiger partial charge is 0.410 e. The molecule has 1 aromatic carbocycles. The summed E-state index contributed by atoms with van der Waals surface area (Å²) in [7, 11) is 0. The number of nitrogens with zero attached hydrogens (tertiary/aromatic N) is 6. The molecule has 0 saturated carbocycles. The number of anilines is 2. The van der Waals surface area contributed by atoms with Crippen LogP contribution in [0.15, 0.2) is 47.6 Å². The third-order valence-electron chi connectivity index (χ3n) is 7.96. The minimum Gasteiger partial charge on any atom is -0.444 e. The number of carbonyl (C=O) groups excluding carboxylic acids is 2. The summed E-state index contributed by atoms with van der Waals surface area (Å²) in [5, 5.41) is 0.223. The highest BCUT2D eigenvalue weighted by Gasteiger charge is 2.39. The van der Waals surface area contributed by atoms with Gasteiger partial charge in [0.1, 0.15) is 29.6 Å². The van der Waals surface area contributed by atoms with Gasteiger partial charge in [0.2, 0.25) is 0 Å². The Morgan fingerprint density at radius 1 is 1.09 bits per heavy atom. The summed E-state index contributed by atoms with van der Waals surface area (Å²) in [6, 6.07) is 9.47. The zero-order valence-corrected chi connectivity index (χ0v) is 27.8. The van der Waals surface area contributed by atoms with E-state index in [1.807, 2.05) is 71.3 Å². The van der Waals surface area contributed by atoms with Crippen molar-refractivity contribution in [3.05, 3.63) is 70.3 Å². The first-order chi connectivity index (χ1) is 21.2. The molecule has 1 saturated heterocycles. The zero-order chi connectivity index (χ0) is 32.8. The molecular formula is C34H40ClFN6O3. The maximum Gasteiger partial charge on any atom is 0.410 e. The molecule has 2 atom stereocenters. The van der Waals surface area contributed by atoms with E-state index in [0.717, 1.165) is 16.9 Å². The van der Waals surface area contributed by atoms with Crippen molar-refractivity contribution in [2.45, 2.75) is 79.0 Å². The van der Waals surface area contributed by atoms with E-state index in [2.05, 4.69) is 9.98 Å². The number of amidine groups is 1. The number of aliphatic imine (C=N–C) groups is 1. The van der Waals surface area contributed by atoms with Crippen LogP contribution < -0.4 is 4.90 Å². The van der Waals surface area contributed by atoms with Crippen LogP contribution >= 0.6 is 11.6 Å². The third kappa shape index (κ3) is 6.52. The summed E-state index contributed by atoms with van der Waals surface area (Å²) in [5.41, 5.74) is 2.88. The van der Waals surface area contributed by atoms with Crippen molar-refractivity contribution in [2.24, 2.45) is 4.99 Å². The number of hydrogen-bond acceptors (Lipinski definition) is 7. The van der Waals surface area contributed by atoms with Crippen LogP contribution in [0.5, 0.6) is 0 Å². The van der Waals surface area contributed by atoms with Crippen LogP contribution in [0.2, 0.25) is 5.02 Å². The van der Waals surface area contributed by atoms with Crippen LogP contribution in [-0.2, 0) is 9.53 Å².